The second-order valence-electron chi connectivity index (χ2n) is 4.07. The lowest BCUT2D eigenvalue weighted by atomic mass is 10.1. The van der Waals surface area contributed by atoms with E-state index in [1.807, 2.05) is 0 Å². The highest BCUT2D eigenvalue weighted by atomic mass is 28.3. The zero-order chi connectivity index (χ0) is 9.78. The molecule has 0 amide bonds. The molecule has 0 heterocycles. The Morgan fingerprint density at radius 2 is 1.92 bits per heavy atom. The van der Waals surface area contributed by atoms with E-state index in [4.69, 9.17) is 5.11 Å². The minimum Gasteiger partial charge on any atom is -0.396 e. The number of hydrogen-bond acceptors (Lipinski definition) is 2. The lowest BCUT2D eigenvalue weighted by molar-refractivity contribution is -0.113. The van der Waals surface area contributed by atoms with E-state index in [0.29, 0.717) is 6.42 Å². The lowest BCUT2D eigenvalue weighted by Crippen LogP contribution is -2.18. The van der Waals surface area contributed by atoms with E-state index < -0.39 is 8.07 Å². The van der Waals surface area contributed by atoms with Crippen molar-refractivity contribution in [1.82, 2.24) is 0 Å². The Morgan fingerprint density at radius 1 is 1.42 bits per heavy atom. The van der Waals surface area contributed by atoms with Gasteiger partial charge in [0.15, 0.2) is 5.78 Å². The second-order valence-corrected chi connectivity index (χ2v) is 9.09. The highest BCUT2D eigenvalue weighted by Crippen LogP contribution is 2.10. The van der Waals surface area contributed by atoms with Gasteiger partial charge in [0.2, 0.25) is 0 Å². The Morgan fingerprint density at radius 3 is 2.17 bits per heavy atom. The first kappa shape index (κ1) is 11.6. The van der Waals surface area contributed by atoms with Crippen LogP contribution in [0.5, 0.6) is 0 Å². The maximum atomic E-state index is 11.1. The topological polar surface area (TPSA) is 37.3 Å². The van der Waals surface area contributed by atoms with Crippen molar-refractivity contribution in [2.24, 2.45) is 0 Å². The van der Waals surface area contributed by atoms with E-state index in [1.165, 1.54) is 0 Å². The highest BCUT2D eigenvalue weighted by Gasteiger charge is 2.12. The van der Waals surface area contributed by atoms with Crippen LogP contribution in [0, 0.1) is 0 Å². The Bertz CT molecular complexity index is 189. The molecule has 0 spiro atoms. The van der Waals surface area contributed by atoms with E-state index in [9.17, 15) is 4.79 Å². The summed E-state index contributed by atoms with van der Waals surface area (Å²) in [5.41, 5.74) is 2.85. The summed E-state index contributed by atoms with van der Waals surface area (Å²) in [7, 11) is -1.31. The van der Waals surface area contributed by atoms with Crippen LogP contribution in [0.2, 0.25) is 19.6 Å². The van der Waals surface area contributed by atoms with Gasteiger partial charge < -0.3 is 5.11 Å². The molecule has 70 valence electrons. The van der Waals surface area contributed by atoms with Gasteiger partial charge in [-0.1, -0.05) is 25.3 Å². The molecule has 0 aliphatic heterocycles. The molecule has 0 saturated carbocycles. The van der Waals surface area contributed by atoms with Crippen LogP contribution in [-0.4, -0.2) is 25.6 Å². The van der Waals surface area contributed by atoms with Crippen molar-refractivity contribution < 1.29 is 9.90 Å². The van der Waals surface area contributed by atoms with Crippen LogP contribution in [0.4, 0.5) is 0 Å². The third-order valence-electron chi connectivity index (χ3n) is 1.44. The molecule has 0 atom stereocenters. The third kappa shape index (κ3) is 5.27. The smallest absolute Gasteiger partial charge is 0.155 e. The molecule has 1 N–H and O–H groups in total. The summed E-state index contributed by atoms with van der Waals surface area (Å²) in [6.45, 7) is 8.14. The number of Topliss-reactive ketones (excluding diaryl/α,β-unsaturated/α-hetero) is 1. The summed E-state index contributed by atoms with van der Waals surface area (Å²) >= 11 is 0. The maximum Gasteiger partial charge on any atom is 0.155 e. The summed E-state index contributed by atoms with van der Waals surface area (Å²) in [6.07, 6.45) is 0.500. The fraction of sp³-hybridized carbons (Fsp3) is 0.667. The van der Waals surface area contributed by atoms with E-state index >= 15 is 0 Å². The number of ketones is 1. The average Bonchev–Trinajstić information content (AvgIpc) is 1.83. The summed E-state index contributed by atoms with van der Waals surface area (Å²) in [4.78, 5) is 11.1. The quantitative estimate of drug-likeness (QED) is 0.536. The van der Waals surface area contributed by atoms with Crippen molar-refractivity contribution in [2.45, 2.75) is 33.0 Å². The summed E-state index contributed by atoms with van der Waals surface area (Å²) in [5, 5.41) is 8.70. The van der Waals surface area contributed by atoms with Gasteiger partial charge in [0.1, 0.15) is 0 Å². The number of aliphatic hydroxyl groups is 1. The minimum atomic E-state index is -1.31. The molecule has 0 aliphatic carbocycles. The van der Waals surface area contributed by atoms with Crippen LogP contribution in [-0.2, 0) is 4.79 Å². The molecule has 0 aromatic rings. The summed E-state index contributed by atoms with van der Waals surface area (Å²) in [6, 6.07) is 0. The zero-order valence-corrected chi connectivity index (χ0v) is 9.35. The van der Waals surface area contributed by atoms with Crippen LogP contribution in [0.3, 0.4) is 0 Å². The van der Waals surface area contributed by atoms with Crippen LogP contribution >= 0.6 is 0 Å². The lowest BCUT2D eigenvalue weighted by Gasteiger charge is -2.12. The molecular weight excluding hydrogens is 168 g/mol. The van der Waals surface area contributed by atoms with Crippen molar-refractivity contribution in [1.29, 1.82) is 0 Å². The Labute approximate surface area is 75.3 Å². The first-order valence-corrected chi connectivity index (χ1v) is 7.78. The molecule has 0 aromatic heterocycles. The maximum absolute atomic E-state index is 11.1. The largest absolute Gasteiger partial charge is 0.396 e. The molecule has 0 unspecified atom stereocenters. The SMILES string of the molecule is CC(=O)C(=C[Si](C)(C)C)CCO. The van der Waals surface area contributed by atoms with Crippen molar-refractivity contribution >= 4 is 13.9 Å². The molecule has 12 heavy (non-hydrogen) atoms. The molecule has 0 aromatic carbocycles. The van der Waals surface area contributed by atoms with Crippen molar-refractivity contribution in [3.63, 3.8) is 0 Å². The fourth-order valence-electron chi connectivity index (χ4n) is 0.993. The van der Waals surface area contributed by atoms with E-state index in [1.54, 1.807) is 6.92 Å². The van der Waals surface area contributed by atoms with Crippen molar-refractivity contribution in [3.05, 3.63) is 11.3 Å². The predicted molar refractivity (Wildman–Crippen MR) is 53.8 cm³/mol. The molecule has 0 saturated heterocycles. The third-order valence-corrected chi connectivity index (χ3v) is 2.66. The van der Waals surface area contributed by atoms with Crippen LogP contribution in [0.1, 0.15) is 13.3 Å². The molecular formula is C9H18O2Si. The molecule has 0 fully saturated rings. The Balaban J connectivity index is 4.50. The molecule has 0 bridgehead atoms. The van der Waals surface area contributed by atoms with Crippen molar-refractivity contribution in [3.8, 4) is 0 Å². The predicted octanol–water partition coefficient (Wildman–Crippen LogP) is 1.76. The monoisotopic (exact) mass is 186 g/mol. The van der Waals surface area contributed by atoms with Gasteiger partial charge in [-0.25, -0.2) is 0 Å². The van der Waals surface area contributed by atoms with Gasteiger partial charge >= 0.3 is 0 Å². The zero-order valence-electron chi connectivity index (χ0n) is 8.35. The fourth-order valence-corrected chi connectivity index (χ4v) is 2.39. The van der Waals surface area contributed by atoms with Gasteiger partial charge in [-0.05, 0) is 18.9 Å². The van der Waals surface area contributed by atoms with Crippen molar-refractivity contribution in [2.75, 3.05) is 6.61 Å². The summed E-state index contributed by atoms with van der Waals surface area (Å²) in [5.74, 6) is 0.0893. The molecule has 3 heteroatoms. The standard InChI is InChI=1S/C9H18O2Si/c1-8(11)9(5-6-10)7-12(2,3)4/h7,10H,5-6H2,1-4H3. The first-order chi connectivity index (χ1) is 5.37. The molecule has 0 aliphatic rings. The van der Waals surface area contributed by atoms with Crippen LogP contribution in [0.25, 0.3) is 0 Å². The van der Waals surface area contributed by atoms with Crippen LogP contribution < -0.4 is 0 Å². The molecule has 0 radical (unpaired) electrons. The number of aliphatic hydroxyl groups excluding tert-OH is 1. The number of carbonyl (C=O) groups excluding carboxylic acids is 1. The highest BCUT2D eigenvalue weighted by molar-refractivity contribution is 6.81. The Kier molecular flexibility index (Phi) is 4.42. The van der Waals surface area contributed by atoms with E-state index in [-0.39, 0.29) is 12.4 Å². The van der Waals surface area contributed by atoms with Gasteiger partial charge in [0.25, 0.3) is 0 Å². The first-order valence-electron chi connectivity index (χ1n) is 4.20. The molecule has 2 nitrogen and oxygen atoms in total. The average molecular weight is 186 g/mol. The van der Waals surface area contributed by atoms with Gasteiger partial charge in [0, 0.05) is 6.61 Å². The normalized spacial score (nSPS) is 13.2. The number of carbonyl (C=O) groups is 1. The van der Waals surface area contributed by atoms with Gasteiger partial charge in [0.05, 0.1) is 8.07 Å². The molecule has 0 rings (SSSR count). The van der Waals surface area contributed by atoms with Gasteiger partial charge in [-0.15, -0.1) is 0 Å². The van der Waals surface area contributed by atoms with Crippen LogP contribution in [0.15, 0.2) is 11.3 Å². The van der Waals surface area contributed by atoms with Gasteiger partial charge in [-0.2, -0.15) is 0 Å². The van der Waals surface area contributed by atoms with E-state index in [2.05, 4.69) is 25.3 Å². The van der Waals surface area contributed by atoms with E-state index in [0.717, 1.165) is 5.57 Å². The number of rotatable bonds is 4. The Hall–Kier alpha value is -0.413. The van der Waals surface area contributed by atoms with Gasteiger partial charge in [-0.3, -0.25) is 4.79 Å². The summed E-state index contributed by atoms with van der Waals surface area (Å²) < 4.78 is 0. The minimum absolute atomic E-state index is 0.0654. The second kappa shape index (κ2) is 4.57. The number of hydrogen-bond donors (Lipinski definition) is 1.